The van der Waals surface area contributed by atoms with Crippen LogP contribution >= 0.6 is 12.2 Å². The van der Waals surface area contributed by atoms with Crippen LogP contribution in [0.3, 0.4) is 0 Å². The Morgan fingerprint density at radius 2 is 2.05 bits per heavy atom. The second-order valence-electron chi connectivity index (χ2n) is 4.28. The summed E-state index contributed by atoms with van der Waals surface area (Å²) < 4.78 is 37.7. The number of piperidine rings is 1. The van der Waals surface area contributed by atoms with Crippen molar-refractivity contribution in [3.8, 4) is 0 Å². The van der Waals surface area contributed by atoms with E-state index in [4.69, 9.17) is 5.73 Å². The van der Waals surface area contributed by atoms with E-state index in [1.807, 2.05) is 0 Å². The summed E-state index contributed by atoms with van der Waals surface area (Å²) in [5.41, 5.74) is 5.14. The van der Waals surface area contributed by atoms with Gasteiger partial charge in [0.05, 0.1) is 17.5 Å². The number of hydrogen-bond acceptors (Lipinski definition) is 3. The molecule has 0 saturated carbocycles. The molecule has 1 aliphatic heterocycles. The van der Waals surface area contributed by atoms with Gasteiger partial charge in [0.15, 0.2) is 0 Å². The van der Waals surface area contributed by atoms with Gasteiger partial charge in [-0.25, -0.2) is 0 Å². The third-order valence-electron chi connectivity index (χ3n) is 2.79. The summed E-state index contributed by atoms with van der Waals surface area (Å²) in [4.78, 5) is 24.0. The number of nitrogens with zero attached hydrogens (tertiary/aromatic N) is 1. The number of alkyl halides is 3. The molecule has 0 radical (unpaired) electrons. The average Bonchev–Trinajstić information content (AvgIpc) is 2.34. The zero-order valence-electron chi connectivity index (χ0n) is 10.00. The number of carbonyl (C=O) groups is 2. The number of nitrogens with two attached hydrogens (primary N) is 1. The first kappa shape index (κ1) is 15.7. The molecule has 0 bridgehead atoms. The summed E-state index contributed by atoms with van der Waals surface area (Å²) in [6, 6.07) is 0. The molecule has 0 spiro atoms. The van der Waals surface area contributed by atoms with Crippen molar-refractivity contribution in [1.82, 2.24) is 10.2 Å². The highest BCUT2D eigenvalue weighted by molar-refractivity contribution is 7.80. The lowest BCUT2D eigenvalue weighted by molar-refractivity contribution is -0.188. The molecule has 0 aromatic heterocycles. The Balaban J connectivity index is 2.57. The van der Waals surface area contributed by atoms with Crippen molar-refractivity contribution in [2.75, 3.05) is 19.6 Å². The maximum absolute atomic E-state index is 12.6. The molecule has 2 amide bonds. The molecule has 5 nitrogen and oxygen atoms in total. The molecule has 1 rings (SSSR count). The summed E-state index contributed by atoms with van der Waals surface area (Å²) in [6.45, 7) is -0.495. The van der Waals surface area contributed by atoms with Gasteiger partial charge < -0.3 is 16.0 Å². The quantitative estimate of drug-likeness (QED) is 0.563. The number of nitrogens with one attached hydrogen (secondary N) is 1. The van der Waals surface area contributed by atoms with Crippen LogP contribution in [0.15, 0.2) is 0 Å². The second-order valence-corrected chi connectivity index (χ2v) is 4.81. The van der Waals surface area contributed by atoms with Crippen molar-refractivity contribution in [3.05, 3.63) is 0 Å². The molecule has 0 aromatic rings. The molecule has 3 N–H and O–H groups in total. The molecule has 1 unspecified atom stereocenters. The topological polar surface area (TPSA) is 75.4 Å². The first-order chi connectivity index (χ1) is 8.71. The van der Waals surface area contributed by atoms with Gasteiger partial charge in [-0.15, -0.1) is 0 Å². The van der Waals surface area contributed by atoms with Crippen LogP contribution in [0, 0.1) is 5.92 Å². The molecule has 1 aliphatic rings. The zero-order chi connectivity index (χ0) is 14.6. The molecule has 1 fully saturated rings. The number of amides is 2. The van der Waals surface area contributed by atoms with Crippen molar-refractivity contribution in [1.29, 1.82) is 0 Å². The summed E-state index contributed by atoms with van der Waals surface area (Å²) in [5.74, 6) is -3.55. The first-order valence-electron chi connectivity index (χ1n) is 5.64. The van der Waals surface area contributed by atoms with E-state index in [-0.39, 0.29) is 30.9 Å². The molecule has 1 heterocycles. The van der Waals surface area contributed by atoms with E-state index < -0.39 is 30.5 Å². The van der Waals surface area contributed by atoms with E-state index in [1.165, 1.54) is 0 Å². The Kier molecular flexibility index (Phi) is 5.10. The van der Waals surface area contributed by atoms with Crippen molar-refractivity contribution in [2.24, 2.45) is 11.7 Å². The van der Waals surface area contributed by atoms with E-state index in [9.17, 15) is 22.8 Å². The molecule has 19 heavy (non-hydrogen) atoms. The smallest absolute Gasteiger partial charge is 0.392 e. The predicted octanol–water partition coefficient (Wildman–Crippen LogP) is 0.190. The van der Waals surface area contributed by atoms with Gasteiger partial charge in [0, 0.05) is 13.1 Å². The Hall–Kier alpha value is -1.38. The van der Waals surface area contributed by atoms with Crippen LogP contribution in [0.1, 0.15) is 12.8 Å². The Morgan fingerprint density at radius 3 is 2.58 bits per heavy atom. The highest BCUT2D eigenvalue weighted by Gasteiger charge is 2.43. The minimum Gasteiger partial charge on any atom is -0.392 e. The Labute approximate surface area is 113 Å². The van der Waals surface area contributed by atoms with E-state index in [0.29, 0.717) is 0 Å². The fourth-order valence-electron chi connectivity index (χ4n) is 1.82. The van der Waals surface area contributed by atoms with Gasteiger partial charge in [-0.1, -0.05) is 12.2 Å². The fourth-order valence-corrected chi connectivity index (χ4v) is 1.89. The third kappa shape index (κ3) is 4.66. The van der Waals surface area contributed by atoms with Gasteiger partial charge in [0.25, 0.3) is 0 Å². The van der Waals surface area contributed by atoms with Crippen LogP contribution in [0.5, 0.6) is 0 Å². The van der Waals surface area contributed by atoms with Crippen molar-refractivity contribution in [2.45, 2.75) is 19.0 Å². The molecule has 1 atom stereocenters. The molecule has 0 aromatic carbocycles. The highest BCUT2D eigenvalue weighted by Crippen LogP contribution is 2.33. The second kappa shape index (κ2) is 6.18. The van der Waals surface area contributed by atoms with Crippen LogP contribution < -0.4 is 11.1 Å². The minimum absolute atomic E-state index is 0.00652. The monoisotopic (exact) mass is 297 g/mol. The van der Waals surface area contributed by atoms with Crippen LogP contribution in [0.4, 0.5) is 13.2 Å². The van der Waals surface area contributed by atoms with Crippen molar-refractivity contribution < 1.29 is 22.8 Å². The molecular weight excluding hydrogens is 283 g/mol. The molecule has 0 aliphatic carbocycles. The lowest BCUT2D eigenvalue weighted by atomic mass is 9.97. The van der Waals surface area contributed by atoms with Gasteiger partial charge in [-0.3, -0.25) is 9.59 Å². The SMILES string of the molecule is NC(=S)CNC(=O)C(=O)N1CCCC(C(F)(F)F)C1. The maximum Gasteiger partial charge on any atom is 0.393 e. The molecular formula is C10H14F3N3O2S. The number of rotatable bonds is 2. The molecule has 108 valence electrons. The number of hydrogen-bond donors (Lipinski definition) is 2. The summed E-state index contributed by atoms with van der Waals surface area (Å²) >= 11 is 4.51. The highest BCUT2D eigenvalue weighted by atomic mass is 32.1. The standard InChI is InChI=1S/C10H14F3N3O2S/c11-10(12,13)6-2-1-3-16(5-6)9(18)8(17)15-4-7(14)19/h6H,1-5H2,(H2,14,19)(H,15,17). The van der Waals surface area contributed by atoms with E-state index in [0.717, 1.165) is 4.90 Å². The third-order valence-corrected chi connectivity index (χ3v) is 2.93. The van der Waals surface area contributed by atoms with Gasteiger partial charge in [-0.2, -0.15) is 13.2 Å². The lowest BCUT2D eigenvalue weighted by Gasteiger charge is -2.33. The summed E-state index contributed by atoms with van der Waals surface area (Å²) in [7, 11) is 0. The molecule has 9 heteroatoms. The Morgan fingerprint density at radius 1 is 1.42 bits per heavy atom. The number of carbonyl (C=O) groups excluding carboxylic acids is 2. The first-order valence-corrected chi connectivity index (χ1v) is 6.04. The lowest BCUT2D eigenvalue weighted by Crippen LogP contribution is -2.50. The number of likely N-dealkylation sites (tertiary alicyclic amines) is 1. The van der Waals surface area contributed by atoms with E-state index in [1.54, 1.807) is 0 Å². The fraction of sp³-hybridized carbons (Fsp3) is 0.700. The number of halogens is 3. The van der Waals surface area contributed by atoms with Crippen LogP contribution in [-0.4, -0.2) is 47.5 Å². The van der Waals surface area contributed by atoms with Crippen LogP contribution in [-0.2, 0) is 9.59 Å². The normalized spacial score (nSPS) is 19.9. The predicted molar refractivity (Wildman–Crippen MR) is 65.2 cm³/mol. The van der Waals surface area contributed by atoms with Gasteiger partial charge >= 0.3 is 18.0 Å². The van der Waals surface area contributed by atoms with Gasteiger partial charge in [0.1, 0.15) is 0 Å². The summed E-state index contributed by atoms with van der Waals surface area (Å²) in [5, 5.41) is 2.16. The summed E-state index contributed by atoms with van der Waals surface area (Å²) in [6.07, 6.45) is -4.16. The molecule has 1 saturated heterocycles. The zero-order valence-corrected chi connectivity index (χ0v) is 10.8. The Bertz CT molecular complexity index is 387. The van der Waals surface area contributed by atoms with E-state index >= 15 is 0 Å². The minimum atomic E-state index is -4.35. The van der Waals surface area contributed by atoms with Crippen LogP contribution in [0.25, 0.3) is 0 Å². The van der Waals surface area contributed by atoms with Gasteiger partial charge in [0.2, 0.25) is 0 Å². The maximum atomic E-state index is 12.6. The van der Waals surface area contributed by atoms with Crippen molar-refractivity contribution in [3.63, 3.8) is 0 Å². The van der Waals surface area contributed by atoms with Gasteiger partial charge in [-0.05, 0) is 12.8 Å². The van der Waals surface area contributed by atoms with Crippen LogP contribution in [0.2, 0.25) is 0 Å². The largest absolute Gasteiger partial charge is 0.393 e. The average molecular weight is 297 g/mol. The van der Waals surface area contributed by atoms with Crippen molar-refractivity contribution >= 4 is 29.0 Å². The number of thiocarbonyl (C=S) groups is 1. The van der Waals surface area contributed by atoms with E-state index in [2.05, 4.69) is 17.5 Å².